The van der Waals surface area contributed by atoms with E-state index in [1.165, 1.54) is 12.7 Å². The summed E-state index contributed by atoms with van der Waals surface area (Å²) >= 11 is 0. The van der Waals surface area contributed by atoms with E-state index in [-0.39, 0.29) is 12.0 Å². The molecule has 0 aromatic heterocycles. The summed E-state index contributed by atoms with van der Waals surface area (Å²) in [6.07, 6.45) is 0. The van der Waals surface area contributed by atoms with Crippen LogP contribution in [0.15, 0.2) is 54.6 Å². The summed E-state index contributed by atoms with van der Waals surface area (Å²) in [6, 6.07) is 17.9. The van der Waals surface area contributed by atoms with Gasteiger partial charge in [-0.2, -0.15) is 0 Å². The standard InChI is InChI=1S/C17H19NO2/c1-13(14-9-5-4-6-10-14)18(2)16-12-8-7-11-15(16)17(19)20-3/h4-13H,1-3H3. The molecule has 0 radical (unpaired) electrons. The molecule has 1 atom stereocenters. The second kappa shape index (κ2) is 6.24. The molecule has 2 aromatic rings. The van der Waals surface area contributed by atoms with E-state index in [4.69, 9.17) is 4.74 Å². The number of hydrogen-bond donors (Lipinski definition) is 0. The van der Waals surface area contributed by atoms with Gasteiger partial charge in [0.05, 0.1) is 24.4 Å². The first-order valence-corrected chi connectivity index (χ1v) is 6.60. The van der Waals surface area contributed by atoms with Crippen molar-refractivity contribution >= 4 is 11.7 Å². The van der Waals surface area contributed by atoms with Crippen LogP contribution in [0.3, 0.4) is 0 Å². The van der Waals surface area contributed by atoms with Crippen molar-refractivity contribution in [3.63, 3.8) is 0 Å². The van der Waals surface area contributed by atoms with Gasteiger partial charge in [-0.3, -0.25) is 0 Å². The minimum Gasteiger partial charge on any atom is -0.465 e. The van der Waals surface area contributed by atoms with Gasteiger partial charge in [-0.25, -0.2) is 4.79 Å². The van der Waals surface area contributed by atoms with Crippen molar-refractivity contribution in [2.75, 3.05) is 19.1 Å². The van der Waals surface area contributed by atoms with E-state index in [2.05, 4.69) is 24.0 Å². The highest BCUT2D eigenvalue weighted by atomic mass is 16.5. The highest BCUT2D eigenvalue weighted by molar-refractivity contribution is 5.95. The molecule has 0 aliphatic heterocycles. The minimum atomic E-state index is -0.312. The van der Waals surface area contributed by atoms with Crippen LogP contribution in [0.4, 0.5) is 5.69 Å². The number of rotatable bonds is 4. The van der Waals surface area contributed by atoms with E-state index in [0.29, 0.717) is 5.56 Å². The number of carbonyl (C=O) groups excluding carboxylic acids is 1. The first-order chi connectivity index (χ1) is 9.65. The monoisotopic (exact) mass is 269 g/mol. The summed E-state index contributed by atoms with van der Waals surface area (Å²) in [6.45, 7) is 2.11. The fourth-order valence-electron chi connectivity index (χ4n) is 2.23. The largest absolute Gasteiger partial charge is 0.465 e. The van der Waals surface area contributed by atoms with E-state index in [1.807, 2.05) is 43.4 Å². The molecule has 3 nitrogen and oxygen atoms in total. The van der Waals surface area contributed by atoms with Gasteiger partial charge in [0.1, 0.15) is 0 Å². The Morgan fingerprint density at radius 2 is 1.65 bits per heavy atom. The van der Waals surface area contributed by atoms with E-state index in [0.717, 1.165) is 5.69 Å². The van der Waals surface area contributed by atoms with Gasteiger partial charge in [-0.05, 0) is 24.6 Å². The maximum Gasteiger partial charge on any atom is 0.339 e. The molecule has 0 aliphatic carbocycles. The van der Waals surface area contributed by atoms with Crippen molar-refractivity contribution in [2.24, 2.45) is 0 Å². The summed E-state index contributed by atoms with van der Waals surface area (Å²) in [5, 5.41) is 0. The van der Waals surface area contributed by atoms with Crippen LogP contribution in [0.25, 0.3) is 0 Å². The summed E-state index contributed by atoms with van der Waals surface area (Å²) in [4.78, 5) is 13.9. The Hall–Kier alpha value is -2.29. The molecule has 1 unspecified atom stereocenters. The molecule has 0 fully saturated rings. The molecule has 0 saturated carbocycles. The van der Waals surface area contributed by atoms with Crippen LogP contribution in [-0.4, -0.2) is 20.1 Å². The lowest BCUT2D eigenvalue weighted by Crippen LogP contribution is -2.23. The summed E-state index contributed by atoms with van der Waals surface area (Å²) in [5.74, 6) is -0.312. The zero-order chi connectivity index (χ0) is 14.5. The Balaban J connectivity index is 2.34. The molecule has 0 aliphatic rings. The topological polar surface area (TPSA) is 29.5 Å². The molecule has 3 heteroatoms. The fraction of sp³-hybridized carbons (Fsp3) is 0.235. The zero-order valence-electron chi connectivity index (χ0n) is 12.0. The number of methoxy groups -OCH3 is 1. The molecule has 0 heterocycles. The Morgan fingerprint density at radius 1 is 1.05 bits per heavy atom. The lowest BCUT2D eigenvalue weighted by atomic mass is 10.1. The number of benzene rings is 2. The maximum absolute atomic E-state index is 11.8. The third-order valence-corrected chi connectivity index (χ3v) is 3.55. The van der Waals surface area contributed by atoms with Gasteiger partial charge in [-0.15, -0.1) is 0 Å². The predicted molar refractivity (Wildman–Crippen MR) is 81.0 cm³/mol. The number of anilines is 1. The summed E-state index contributed by atoms with van der Waals surface area (Å²) in [7, 11) is 3.39. The second-order valence-electron chi connectivity index (χ2n) is 4.71. The molecule has 0 bridgehead atoms. The molecule has 104 valence electrons. The number of esters is 1. The Kier molecular flexibility index (Phi) is 4.41. The third-order valence-electron chi connectivity index (χ3n) is 3.55. The highest BCUT2D eigenvalue weighted by Crippen LogP contribution is 2.28. The SMILES string of the molecule is COC(=O)c1ccccc1N(C)C(C)c1ccccc1. The first kappa shape index (κ1) is 14.1. The summed E-state index contributed by atoms with van der Waals surface area (Å²) in [5.41, 5.74) is 2.66. The van der Waals surface area contributed by atoms with Gasteiger partial charge in [0.25, 0.3) is 0 Å². The lowest BCUT2D eigenvalue weighted by Gasteiger charge is -2.28. The lowest BCUT2D eigenvalue weighted by molar-refractivity contribution is 0.0601. The molecular formula is C17H19NO2. The number of ether oxygens (including phenoxy) is 1. The zero-order valence-corrected chi connectivity index (χ0v) is 12.0. The van der Waals surface area contributed by atoms with Crippen molar-refractivity contribution < 1.29 is 9.53 Å². The Labute approximate surface area is 119 Å². The normalized spacial score (nSPS) is 11.8. The maximum atomic E-state index is 11.8. The molecule has 20 heavy (non-hydrogen) atoms. The van der Waals surface area contributed by atoms with E-state index in [9.17, 15) is 4.79 Å². The fourth-order valence-corrected chi connectivity index (χ4v) is 2.23. The van der Waals surface area contributed by atoms with Gasteiger partial charge in [0.2, 0.25) is 0 Å². The van der Waals surface area contributed by atoms with Crippen molar-refractivity contribution in [2.45, 2.75) is 13.0 Å². The van der Waals surface area contributed by atoms with Crippen LogP contribution in [0.2, 0.25) is 0 Å². The average Bonchev–Trinajstić information content (AvgIpc) is 2.53. The highest BCUT2D eigenvalue weighted by Gasteiger charge is 2.18. The van der Waals surface area contributed by atoms with Crippen molar-refractivity contribution in [3.8, 4) is 0 Å². The minimum absolute atomic E-state index is 0.169. The number of para-hydroxylation sites is 1. The molecular weight excluding hydrogens is 250 g/mol. The van der Waals surface area contributed by atoms with E-state index in [1.54, 1.807) is 6.07 Å². The van der Waals surface area contributed by atoms with Crippen LogP contribution in [-0.2, 0) is 4.74 Å². The van der Waals surface area contributed by atoms with Crippen LogP contribution >= 0.6 is 0 Å². The van der Waals surface area contributed by atoms with Crippen molar-refractivity contribution in [1.29, 1.82) is 0 Å². The number of nitrogens with zero attached hydrogens (tertiary/aromatic N) is 1. The Morgan fingerprint density at radius 3 is 2.30 bits per heavy atom. The second-order valence-corrected chi connectivity index (χ2v) is 4.71. The van der Waals surface area contributed by atoms with Crippen LogP contribution in [0, 0.1) is 0 Å². The van der Waals surface area contributed by atoms with Crippen LogP contribution < -0.4 is 4.90 Å². The van der Waals surface area contributed by atoms with Crippen LogP contribution in [0.1, 0.15) is 28.9 Å². The number of carbonyl (C=O) groups is 1. The van der Waals surface area contributed by atoms with Gasteiger partial charge in [0.15, 0.2) is 0 Å². The molecule has 0 N–H and O–H groups in total. The average molecular weight is 269 g/mol. The van der Waals surface area contributed by atoms with Gasteiger partial charge >= 0.3 is 5.97 Å². The van der Waals surface area contributed by atoms with Crippen LogP contribution in [0.5, 0.6) is 0 Å². The number of hydrogen-bond acceptors (Lipinski definition) is 3. The molecule has 2 aromatic carbocycles. The van der Waals surface area contributed by atoms with Crippen molar-refractivity contribution in [3.05, 3.63) is 65.7 Å². The van der Waals surface area contributed by atoms with Crippen molar-refractivity contribution in [1.82, 2.24) is 0 Å². The first-order valence-electron chi connectivity index (χ1n) is 6.60. The third kappa shape index (κ3) is 2.82. The molecule has 0 saturated heterocycles. The smallest absolute Gasteiger partial charge is 0.339 e. The molecule has 0 amide bonds. The molecule has 2 rings (SSSR count). The summed E-state index contributed by atoms with van der Waals surface area (Å²) < 4.78 is 4.85. The van der Waals surface area contributed by atoms with Gasteiger partial charge in [-0.1, -0.05) is 42.5 Å². The predicted octanol–water partition coefficient (Wildman–Crippen LogP) is 3.67. The van der Waals surface area contributed by atoms with Gasteiger partial charge < -0.3 is 9.64 Å². The Bertz CT molecular complexity index is 581. The van der Waals surface area contributed by atoms with E-state index < -0.39 is 0 Å². The van der Waals surface area contributed by atoms with E-state index >= 15 is 0 Å². The molecule has 0 spiro atoms. The quantitative estimate of drug-likeness (QED) is 0.793. The van der Waals surface area contributed by atoms with Gasteiger partial charge in [0, 0.05) is 7.05 Å².